The van der Waals surface area contributed by atoms with Crippen LogP contribution >= 0.6 is 11.8 Å². The van der Waals surface area contributed by atoms with E-state index in [0.717, 1.165) is 6.07 Å². The second-order valence-corrected chi connectivity index (χ2v) is 3.23. The van der Waals surface area contributed by atoms with E-state index in [1.54, 1.807) is 18.2 Å². The number of halogens is 2. The van der Waals surface area contributed by atoms with Gasteiger partial charge in [0.1, 0.15) is 0 Å². The van der Waals surface area contributed by atoms with E-state index in [0.29, 0.717) is 4.90 Å². The third-order valence-electron chi connectivity index (χ3n) is 1.12. The molecule has 0 unspecified atom stereocenters. The maximum absolute atomic E-state index is 12.4. The molecule has 1 aromatic carbocycles. The van der Waals surface area contributed by atoms with Crippen LogP contribution in [-0.2, 0) is 0 Å². The number of alkyl halides is 2. The summed E-state index contributed by atoms with van der Waals surface area (Å²) in [7, 11) is 0. The van der Waals surface area contributed by atoms with Crippen LogP contribution in [0.5, 0.6) is 0 Å². The number of rotatable bonds is 2. The Labute approximate surface area is 73.0 Å². The first kappa shape index (κ1) is 9.01. The Morgan fingerprint density at radius 3 is 2.33 bits per heavy atom. The van der Waals surface area contributed by atoms with E-state index in [9.17, 15) is 8.78 Å². The lowest BCUT2D eigenvalue weighted by atomic mass is 10.4. The predicted molar refractivity (Wildman–Crippen MR) is 42.9 cm³/mol. The van der Waals surface area contributed by atoms with Crippen LogP contribution in [0.1, 0.15) is 0 Å². The van der Waals surface area contributed by atoms with Crippen LogP contribution < -0.4 is 0 Å². The van der Waals surface area contributed by atoms with E-state index < -0.39 is 5.25 Å². The Bertz CT molecular complexity index is 292. The monoisotopic (exact) mass is 185 g/mol. The molecule has 0 amide bonds. The molecule has 0 N–H and O–H groups in total. The maximum Gasteiger partial charge on any atom is 0.384 e. The fourth-order valence-electron chi connectivity index (χ4n) is 0.659. The maximum atomic E-state index is 12.4. The third-order valence-corrected chi connectivity index (χ3v) is 1.97. The van der Waals surface area contributed by atoms with Crippen molar-refractivity contribution in [3.63, 3.8) is 0 Å². The van der Waals surface area contributed by atoms with E-state index in [1.165, 1.54) is 12.1 Å². The molecular weight excluding hydrogens is 180 g/mol. The summed E-state index contributed by atoms with van der Waals surface area (Å²) in [5, 5.41) is 4.70. The van der Waals surface area contributed by atoms with Crippen molar-refractivity contribution in [2.45, 2.75) is 10.2 Å². The molecule has 0 saturated carbocycles. The van der Waals surface area contributed by atoms with Crippen LogP contribution in [0, 0.1) is 11.3 Å². The van der Waals surface area contributed by atoms with Gasteiger partial charge < -0.3 is 0 Å². The van der Waals surface area contributed by atoms with Gasteiger partial charge in [-0.2, -0.15) is 14.0 Å². The van der Waals surface area contributed by atoms with Crippen LogP contribution in [0.2, 0.25) is 0 Å². The number of hydrogen-bond donors (Lipinski definition) is 0. The normalized spacial score (nSPS) is 10.8. The summed E-state index contributed by atoms with van der Waals surface area (Å²) in [6.45, 7) is 0. The lowest BCUT2D eigenvalue weighted by molar-refractivity contribution is 0.171. The van der Waals surface area contributed by atoms with Crippen molar-refractivity contribution in [2.75, 3.05) is 0 Å². The Kier molecular flexibility index (Phi) is 2.66. The van der Waals surface area contributed by atoms with Crippen molar-refractivity contribution in [1.29, 1.82) is 5.26 Å². The Morgan fingerprint density at radius 2 is 1.83 bits per heavy atom. The minimum Gasteiger partial charge on any atom is -0.191 e. The first-order valence-electron chi connectivity index (χ1n) is 3.17. The second kappa shape index (κ2) is 3.55. The summed E-state index contributed by atoms with van der Waals surface area (Å²) >= 11 is 0.251. The second-order valence-electron chi connectivity index (χ2n) is 2.04. The standard InChI is InChI=1S/C8H5F2NS/c9-8(10,6-11)12-7-4-2-1-3-5-7/h1-5H. The van der Waals surface area contributed by atoms with Crippen molar-refractivity contribution in [3.05, 3.63) is 30.3 Å². The van der Waals surface area contributed by atoms with Crippen LogP contribution in [-0.4, -0.2) is 5.25 Å². The van der Waals surface area contributed by atoms with E-state index in [1.807, 2.05) is 0 Å². The number of hydrogen-bond acceptors (Lipinski definition) is 2. The van der Waals surface area contributed by atoms with Crippen molar-refractivity contribution in [2.24, 2.45) is 0 Å². The minimum atomic E-state index is -3.33. The van der Waals surface area contributed by atoms with E-state index >= 15 is 0 Å². The highest BCUT2D eigenvalue weighted by molar-refractivity contribution is 8.00. The summed E-state index contributed by atoms with van der Waals surface area (Å²) in [4.78, 5) is 0.393. The molecule has 1 rings (SSSR count). The van der Waals surface area contributed by atoms with E-state index in [-0.39, 0.29) is 11.8 Å². The Morgan fingerprint density at radius 1 is 1.25 bits per heavy atom. The van der Waals surface area contributed by atoms with Gasteiger partial charge in [-0.15, -0.1) is 0 Å². The molecule has 62 valence electrons. The lowest BCUT2D eigenvalue weighted by Crippen LogP contribution is -2.04. The molecule has 0 aliphatic heterocycles. The summed E-state index contributed by atoms with van der Waals surface area (Å²) in [5.41, 5.74) is 0. The summed E-state index contributed by atoms with van der Waals surface area (Å²) in [6.07, 6.45) is 0. The predicted octanol–water partition coefficient (Wildman–Crippen LogP) is 2.90. The molecule has 4 heteroatoms. The molecular formula is C8H5F2NS. The average molecular weight is 185 g/mol. The molecule has 0 aromatic heterocycles. The first-order valence-corrected chi connectivity index (χ1v) is 3.99. The highest BCUT2D eigenvalue weighted by Crippen LogP contribution is 2.34. The molecule has 0 heterocycles. The van der Waals surface area contributed by atoms with Crippen LogP contribution in [0.25, 0.3) is 0 Å². The number of nitriles is 1. The van der Waals surface area contributed by atoms with Gasteiger partial charge in [-0.05, 0) is 23.9 Å². The van der Waals surface area contributed by atoms with Gasteiger partial charge in [0.15, 0.2) is 6.07 Å². The molecule has 0 fully saturated rings. The average Bonchev–Trinajstić information content (AvgIpc) is 2.06. The van der Waals surface area contributed by atoms with Gasteiger partial charge in [-0.25, -0.2) is 0 Å². The van der Waals surface area contributed by atoms with Crippen molar-refractivity contribution in [1.82, 2.24) is 0 Å². The van der Waals surface area contributed by atoms with Gasteiger partial charge in [0.2, 0.25) is 0 Å². The molecule has 1 aromatic rings. The summed E-state index contributed by atoms with van der Waals surface area (Å²) < 4.78 is 24.9. The largest absolute Gasteiger partial charge is 0.384 e. The summed E-state index contributed by atoms with van der Waals surface area (Å²) in [6, 6.07) is 9.02. The smallest absolute Gasteiger partial charge is 0.191 e. The van der Waals surface area contributed by atoms with Gasteiger partial charge in [-0.3, -0.25) is 0 Å². The van der Waals surface area contributed by atoms with E-state index in [4.69, 9.17) is 5.26 Å². The molecule has 1 nitrogen and oxygen atoms in total. The zero-order valence-electron chi connectivity index (χ0n) is 6.00. The molecule has 0 saturated heterocycles. The molecule has 0 aliphatic rings. The molecule has 0 radical (unpaired) electrons. The molecule has 12 heavy (non-hydrogen) atoms. The van der Waals surface area contributed by atoms with Crippen LogP contribution in [0.4, 0.5) is 8.78 Å². The fourth-order valence-corrected chi connectivity index (χ4v) is 1.29. The molecule has 0 atom stereocenters. The zero-order valence-corrected chi connectivity index (χ0v) is 6.81. The molecule has 0 spiro atoms. The highest BCUT2D eigenvalue weighted by Gasteiger charge is 2.29. The first-order chi connectivity index (χ1) is 5.64. The van der Waals surface area contributed by atoms with Crippen molar-refractivity contribution in [3.8, 4) is 6.07 Å². The van der Waals surface area contributed by atoms with Crippen molar-refractivity contribution >= 4 is 11.8 Å². The molecule has 0 aliphatic carbocycles. The summed E-state index contributed by atoms with van der Waals surface area (Å²) in [5.74, 6) is 0. The van der Waals surface area contributed by atoms with Gasteiger partial charge in [0, 0.05) is 4.90 Å². The highest BCUT2D eigenvalue weighted by atomic mass is 32.2. The third kappa shape index (κ3) is 2.51. The van der Waals surface area contributed by atoms with Gasteiger partial charge in [0.25, 0.3) is 0 Å². The fraction of sp³-hybridized carbons (Fsp3) is 0.125. The van der Waals surface area contributed by atoms with Gasteiger partial charge in [0.05, 0.1) is 0 Å². The van der Waals surface area contributed by atoms with Crippen LogP contribution in [0.3, 0.4) is 0 Å². The SMILES string of the molecule is N#CC(F)(F)Sc1ccccc1. The number of nitrogens with zero attached hydrogens (tertiary/aromatic N) is 1. The number of benzene rings is 1. The Balaban J connectivity index is 2.72. The Hall–Kier alpha value is -1.08. The van der Waals surface area contributed by atoms with Gasteiger partial charge in [-0.1, -0.05) is 18.2 Å². The zero-order chi connectivity index (χ0) is 9.03. The number of thioether (sulfide) groups is 1. The van der Waals surface area contributed by atoms with Crippen LogP contribution in [0.15, 0.2) is 35.2 Å². The molecule has 0 bridgehead atoms. The van der Waals surface area contributed by atoms with E-state index in [2.05, 4.69) is 0 Å². The van der Waals surface area contributed by atoms with Crippen molar-refractivity contribution < 1.29 is 8.78 Å². The van der Waals surface area contributed by atoms with Gasteiger partial charge >= 0.3 is 5.25 Å². The quantitative estimate of drug-likeness (QED) is 0.661. The minimum absolute atomic E-state index is 0.251. The lowest BCUT2D eigenvalue weighted by Gasteiger charge is -2.05. The topological polar surface area (TPSA) is 23.8 Å².